The molecule has 0 spiro atoms. The average molecular weight is 667 g/mol. The number of amidine groups is 1. The number of piperazine rings is 1. The standard InChI is InChI=1S/C33H41F3N10O2/c1-4-39-27-28(42-32(43-29(27)37)46-9-6-15-48-16-14-46)30(38)41-26-17-22(8-7-21(26)3)31(47)40-24-18-23(33(34,35)36)19-25(20-24)45-12-10-44(5-2)11-13-45/h4,7-8,17-20,41H,1,5-6,9-16,38H2,2-3H3,(H,40,47)(H2,37,42,43)/b30-28-,39-27+. The van der Waals surface area contributed by atoms with E-state index in [0.29, 0.717) is 56.7 Å². The maximum absolute atomic E-state index is 13.9. The predicted molar refractivity (Wildman–Crippen MR) is 183 cm³/mol. The maximum atomic E-state index is 13.9. The third-order valence-corrected chi connectivity index (χ3v) is 8.34. The fraction of sp³-hybridized carbons (Fsp3) is 0.394. The maximum Gasteiger partial charge on any atom is 0.416 e. The minimum absolute atomic E-state index is 0.0440. The molecule has 2 saturated heterocycles. The molecule has 2 aromatic rings. The molecule has 1 amide bonds. The summed E-state index contributed by atoms with van der Waals surface area (Å²) in [6.45, 7) is 13.5. The van der Waals surface area contributed by atoms with Gasteiger partial charge in [-0.15, -0.1) is 0 Å². The number of aliphatic imine (C=N–C) groups is 3. The Labute approximate surface area is 277 Å². The summed E-state index contributed by atoms with van der Waals surface area (Å²) >= 11 is 0. The summed E-state index contributed by atoms with van der Waals surface area (Å²) < 4.78 is 47.3. The average Bonchev–Trinajstić information content (AvgIpc) is 3.36. The van der Waals surface area contributed by atoms with Crippen LogP contribution in [0.2, 0.25) is 0 Å². The molecule has 6 N–H and O–H groups in total. The van der Waals surface area contributed by atoms with E-state index in [4.69, 9.17) is 16.2 Å². The minimum atomic E-state index is -4.59. The Morgan fingerprint density at radius 1 is 1.04 bits per heavy atom. The highest BCUT2D eigenvalue weighted by molar-refractivity contribution is 6.49. The summed E-state index contributed by atoms with van der Waals surface area (Å²) in [4.78, 5) is 32.9. The molecule has 3 heterocycles. The Balaban J connectivity index is 1.41. The lowest BCUT2D eigenvalue weighted by molar-refractivity contribution is -0.137. The molecular formula is C33H41F3N10O2. The van der Waals surface area contributed by atoms with E-state index in [-0.39, 0.29) is 34.3 Å². The fourth-order valence-electron chi connectivity index (χ4n) is 5.61. The summed E-state index contributed by atoms with van der Waals surface area (Å²) in [5, 5.41) is 5.78. The first-order valence-electron chi connectivity index (χ1n) is 15.8. The fourth-order valence-corrected chi connectivity index (χ4v) is 5.61. The van der Waals surface area contributed by atoms with Gasteiger partial charge in [0.05, 0.1) is 12.2 Å². The molecule has 0 aromatic heterocycles. The molecule has 0 atom stereocenters. The van der Waals surface area contributed by atoms with E-state index < -0.39 is 17.6 Å². The van der Waals surface area contributed by atoms with Gasteiger partial charge in [0.25, 0.3) is 5.91 Å². The second-order valence-corrected chi connectivity index (χ2v) is 11.6. The number of guanidine groups is 1. The molecule has 12 nitrogen and oxygen atoms in total. The van der Waals surface area contributed by atoms with E-state index in [0.717, 1.165) is 43.8 Å². The molecule has 3 aliphatic rings. The zero-order chi connectivity index (χ0) is 34.4. The number of alkyl halides is 3. The van der Waals surface area contributed by atoms with Crippen LogP contribution < -0.4 is 27.0 Å². The van der Waals surface area contributed by atoms with Gasteiger partial charge in [-0.05, 0) is 55.8 Å². The highest BCUT2D eigenvalue weighted by Gasteiger charge is 2.32. The Morgan fingerprint density at radius 3 is 2.52 bits per heavy atom. The molecule has 5 rings (SSSR count). The molecule has 0 unspecified atom stereocenters. The van der Waals surface area contributed by atoms with Crippen molar-refractivity contribution in [3.63, 3.8) is 0 Å². The van der Waals surface area contributed by atoms with Crippen molar-refractivity contribution in [3.05, 3.63) is 77.4 Å². The summed E-state index contributed by atoms with van der Waals surface area (Å²) in [6.07, 6.45) is -2.48. The first kappa shape index (κ1) is 34.4. The van der Waals surface area contributed by atoms with Gasteiger partial charge in [-0.1, -0.05) is 19.6 Å². The number of aryl methyl sites for hydroxylation is 1. The number of rotatable bonds is 7. The molecule has 0 bridgehead atoms. The lowest BCUT2D eigenvalue weighted by Gasteiger charge is -2.36. The van der Waals surface area contributed by atoms with Gasteiger partial charge in [-0.3, -0.25) is 9.79 Å². The van der Waals surface area contributed by atoms with Gasteiger partial charge in [0.15, 0.2) is 5.84 Å². The summed E-state index contributed by atoms with van der Waals surface area (Å²) in [5.41, 5.74) is 14.3. The molecule has 3 aliphatic heterocycles. The van der Waals surface area contributed by atoms with Crippen molar-refractivity contribution in [2.45, 2.75) is 26.4 Å². The molecule has 0 radical (unpaired) electrons. The number of ether oxygens (including phenoxy) is 1. The summed E-state index contributed by atoms with van der Waals surface area (Å²) in [6, 6.07) is 8.51. The third kappa shape index (κ3) is 8.15. The number of amides is 1. The van der Waals surface area contributed by atoms with Gasteiger partial charge < -0.3 is 41.5 Å². The second-order valence-electron chi connectivity index (χ2n) is 11.6. The van der Waals surface area contributed by atoms with E-state index in [1.165, 1.54) is 6.20 Å². The predicted octanol–water partition coefficient (Wildman–Crippen LogP) is 3.98. The van der Waals surface area contributed by atoms with E-state index in [9.17, 15) is 18.0 Å². The van der Waals surface area contributed by atoms with Crippen LogP contribution in [-0.2, 0) is 10.9 Å². The molecule has 2 fully saturated rings. The number of nitrogens with two attached hydrogens (primary N) is 2. The van der Waals surface area contributed by atoms with Crippen molar-refractivity contribution >= 4 is 40.5 Å². The van der Waals surface area contributed by atoms with Gasteiger partial charge in [0, 0.05) is 74.7 Å². The minimum Gasteiger partial charge on any atom is -0.383 e. The van der Waals surface area contributed by atoms with Gasteiger partial charge >= 0.3 is 6.18 Å². The number of hydrogen-bond acceptors (Lipinski definition) is 11. The number of likely N-dealkylation sites (N-methyl/N-ethyl adjacent to an activating group) is 1. The zero-order valence-electron chi connectivity index (χ0n) is 27.1. The van der Waals surface area contributed by atoms with Crippen LogP contribution in [0.25, 0.3) is 0 Å². The molecule has 2 aromatic carbocycles. The monoisotopic (exact) mass is 666 g/mol. The van der Waals surface area contributed by atoms with Crippen molar-refractivity contribution in [2.24, 2.45) is 26.4 Å². The SMILES string of the molecule is C=C/N=C1/C(N)=NC(N2CCCOCC2)=N/C1=C(/N)Nc1cc(C(=O)Nc2cc(N3CCN(CC)CC3)cc(C(F)(F)F)c2)ccc1C. The van der Waals surface area contributed by atoms with Crippen LogP contribution in [0.3, 0.4) is 0 Å². The summed E-state index contributed by atoms with van der Waals surface area (Å²) in [5.74, 6) is 0.000965. The quantitative estimate of drug-likeness (QED) is 0.347. The Kier molecular flexibility index (Phi) is 10.7. The Morgan fingerprint density at radius 2 is 1.81 bits per heavy atom. The number of carbonyl (C=O) groups excluding carboxylic acids is 1. The van der Waals surface area contributed by atoms with E-state index >= 15 is 0 Å². The molecule has 15 heteroatoms. The lowest BCUT2D eigenvalue weighted by Crippen LogP contribution is -2.46. The normalized spacial score (nSPS) is 19.7. The number of carbonyl (C=O) groups is 1. The highest BCUT2D eigenvalue weighted by atomic mass is 19.4. The van der Waals surface area contributed by atoms with Crippen LogP contribution in [0, 0.1) is 6.92 Å². The van der Waals surface area contributed by atoms with Crippen molar-refractivity contribution in [2.75, 3.05) is 74.6 Å². The van der Waals surface area contributed by atoms with Gasteiger partial charge in [0.1, 0.15) is 17.2 Å². The second kappa shape index (κ2) is 14.9. The van der Waals surface area contributed by atoms with Crippen LogP contribution in [0.4, 0.5) is 30.2 Å². The van der Waals surface area contributed by atoms with Gasteiger partial charge in [-0.2, -0.15) is 18.2 Å². The molecular weight excluding hydrogens is 625 g/mol. The molecule has 48 heavy (non-hydrogen) atoms. The number of hydrogen-bond donors (Lipinski definition) is 4. The molecule has 256 valence electrons. The van der Waals surface area contributed by atoms with Crippen LogP contribution in [-0.4, -0.2) is 92.2 Å². The van der Waals surface area contributed by atoms with Gasteiger partial charge in [0.2, 0.25) is 5.96 Å². The first-order valence-corrected chi connectivity index (χ1v) is 15.8. The van der Waals surface area contributed by atoms with E-state index in [1.54, 1.807) is 24.3 Å². The number of nitrogens with zero attached hydrogens (tertiary/aromatic N) is 6. The molecule has 0 aliphatic carbocycles. The lowest BCUT2D eigenvalue weighted by atomic mass is 10.1. The highest BCUT2D eigenvalue weighted by Crippen LogP contribution is 2.35. The third-order valence-electron chi connectivity index (χ3n) is 8.34. The first-order chi connectivity index (χ1) is 23.0. The molecule has 0 saturated carbocycles. The van der Waals surface area contributed by atoms with Gasteiger partial charge in [-0.25, -0.2) is 4.99 Å². The van der Waals surface area contributed by atoms with Crippen molar-refractivity contribution < 1.29 is 22.7 Å². The van der Waals surface area contributed by atoms with Crippen LogP contribution in [0.1, 0.15) is 34.8 Å². The number of halogens is 3. The van der Waals surface area contributed by atoms with E-state index in [1.807, 2.05) is 16.7 Å². The topological polar surface area (TPSA) is 149 Å². The number of benzene rings is 2. The van der Waals surface area contributed by atoms with E-state index in [2.05, 4.69) is 44.0 Å². The smallest absolute Gasteiger partial charge is 0.383 e. The van der Waals surface area contributed by atoms with Crippen LogP contribution in [0.15, 0.2) is 75.7 Å². The Bertz CT molecular complexity index is 1650. The Hall–Kier alpha value is -4.89. The largest absolute Gasteiger partial charge is 0.416 e. The zero-order valence-corrected chi connectivity index (χ0v) is 27.1. The van der Waals surface area contributed by atoms with Crippen molar-refractivity contribution in [1.82, 2.24) is 9.80 Å². The van der Waals surface area contributed by atoms with Crippen molar-refractivity contribution in [3.8, 4) is 0 Å². The number of nitrogens with one attached hydrogen (secondary N) is 2. The van der Waals surface area contributed by atoms with Crippen molar-refractivity contribution in [1.29, 1.82) is 0 Å². The van der Waals surface area contributed by atoms with Crippen LogP contribution >= 0.6 is 0 Å². The van der Waals surface area contributed by atoms with Crippen LogP contribution in [0.5, 0.6) is 0 Å². The number of anilines is 3. The summed E-state index contributed by atoms with van der Waals surface area (Å²) in [7, 11) is 0.